The Morgan fingerprint density at radius 3 is 2.89 bits per heavy atom. The van der Waals surface area contributed by atoms with Gasteiger partial charge in [-0.15, -0.1) is 11.3 Å². The topological polar surface area (TPSA) is 60.2 Å². The predicted octanol–water partition coefficient (Wildman–Crippen LogP) is 3.61. The van der Waals surface area contributed by atoms with Gasteiger partial charge >= 0.3 is 0 Å². The van der Waals surface area contributed by atoms with Crippen LogP contribution in [0.15, 0.2) is 24.4 Å². The Hall–Kier alpha value is -1.75. The Morgan fingerprint density at radius 1 is 1.47 bits per heavy atom. The number of benzene rings is 1. The largest absolute Gasteiger partial charge is 0.492 e. The lowest BCUT2D eigenvalue weighted by molar-refractivity contribution is 0.342. The second kappa shape index (κ2) is 5.93. The molecule has 0 bridgehead atoms. The van der Waals surface area contributed by atoms with Crippen molar-refractivity contribution in [3.8, 4) is 5.75 Å². The monoisotopic (exact) mass is 277 g/mol. The minimum absolute atomic E-state index is 0.123. The molecule has 4 nitrogen and oxygen atoms in total. The summed E-state index contributed by atoms with van der Waals surface area (Å²) < 4.78 is 5.49. The molecular weight excluding hydrogens is 258 g/mol. The maximum absolute atomic E-state index is 6.10. The van der Waals surface area contributed by atoms with Crippen molar-refractivity contribution in [1.82, 2.24) is 4.98 Å². The molecule has 0 radical (unpaired) electrons. The van der Waals surface area contributed by atoms with E-state index >= 15 is 0 Å². The molecule has 0 spiro atoms. The normalized spacial score (nSPS) is 12.2. The summed E-state index contributed by atoms with van der Waals surface area (Å²) in [5.74, 6) is 0.718. The number of nitrogens with one attached hydrogen (secondary N) is 1. The number of nitrogens with zero attached hydrogens (tertiary/aromatic N) is 1. The number of hydrogen-bond acceptors (Lipinski definition) is 5. The number of nitrogens with two attached hydrogens (primary N) is 1. The van der Waals surface area contributed by atoms with Crippen molar-refractivity contribution in [1.29, 1.82) is 0 Å². The van der Waals surface area contributed by atoms with Crippen LogP contribution in [0.4, 0.5) is 11.4 Å². The number of hydrogen-bond donors (Lipinski definition) is 2. The van der Waals surface area contributed by atoms with Crippen molar-refractivity contribution in [3.05, 3.63) is 34.3 Å². The van der Waals surface area contributed by atoms with Gasteiger partial charge in [-0.25, -0.2) is 4.98 Å². The summed E-state index contributed by atoms with van der Waals surface area (Å²) >= 11 is 1.69. The minimum atomic E-state index is 0.123. The summed E-state index contributed by atoms with van der Waals surface area (Å²) in [7, 11) is 0. The van der Waals surface area contributed by atoms with Crippen LogP contribution in [0.25, 0.3) is 0 Å². The van der Waals surface area contributed by atoms with Crippen molar-refractivity contribution >= 4 is 22.7 Å². The second-order valence-corrected chi connectivity index (χ2v) is 5.59. The average molecular weight is 277 g/mol. The SMILES string of the molecule is CCOc1cccc(NC(C)c2ncc(C)s2)c1N. The number of nitrogen functional groups attached to an aromatic ring is 1. The van der Waals surface area contributed by atoms with Gasteiger partial charge < -0.3 is 15.8 Å². The lowest BCUT2D eigenvalue weighted by Gasteiger charge is -2.16. The summed E-state index contributed by atoms with van der Waals surface area (Å²) in [5.41, 5.74) is 7.62. The zero-order valence-corrected chi connectivity index (χ0v) is 12.3. The number of anilines is 2. The van der Waals surface area contributed by atoms with Gasteiger partial charge in [0.2, 0.25) is 0 Å². The highest BCUT2D eigenvalue weighted by atomic mass is 32.1. The van der Waals surface area contributed by atoms with Crippen LogP contribution in [-0.4, -0.2) is 11.6 Å². The number of ether oxygens (including phenoxy) is 1. The molecule has 102 valence electrons. The molecule has 0 fully saturated rings. The first kappa shape index (κ1) is 13.7. The molecule has 5 heteroatoms. The molecule has 2 rings (SSSR count). The number of aromatic nitrogens is 1. The van der Waals surface area contributed by atoms with E-state index in [1.54, 1.807) is 11.3 Å². The van der Waals surface area contributed by atoms with Crippen molar-refractivity contribution in [2.75, 3.05) is 17.7 Å². The van der Waals surface area contributed by atoms with E-state index in [1.807, 2.05) is 31.3 Å². The van der Waals surface area contributed by atoms with E-state index in [9.17, 15) is 0 Å². The minimum Gasteiger partial charge on any atom is -0.492 e. The van der Waals surface area contributed by atoms with Gasteiger partial charge in [0.1, 0.15) is 10.8 Å². The maximum atomic E-state index is 6.10. The lowest BCUT2D eigenvalue weighted by atomic mass is 10.2. The Kier molecular flexibility index (Phi) is 4.27. The van der Waals surface area contributed by atoms with Crippen LogP contribution in [0, 0.1) is 6.92 Å². The molecule has 1 aromatic heterocycles. The van der Waals surface area contributed by atoms with E-state index in [0.717, 1.165) is 16.4 Å². The molecule has 1 unspecified atom stereocenters. The predicted molar refractivity (Wildman–Crippen MR) is 80.9 cm³/mol. The van der Waals surface area contributed by atoms with E-state index in [-0.39, 0.29) is 6.04 Å². The summed E-state index contributed by atoms with van der Waals surface area (Å²) in [6, 6.07) is 5.89. The van der Waals surface area contributed by atoms with E-state index in [1.165, 1.54) is 4.88 Å². The molecule has 0 amide bonds. The third-order valence-electron chi connectivity index (χ3n) is 2.75. The van der Waals surface area contributed by atoms with E-state index in [2.05, 4.69) is 24.1 Å². The van der Waals surface area contributed by atoms with E-state index in [0.29, 0.717) is 12.3 Å². The molecular formula is C14H19N3OS. The van der Waals surface area contributed by atoms with Crippen LogP contribution in [0.1, 0.15) is 29.8 Å². The van der Waals surface area contributed by atoms with Crippen LogP contribution in [0.3, 0.4) is 0 Å². The molecule has 0 aliphatic carbocycles. The summed E-state index contributed by atoms with van der Waals surface area (Å²) in [6.45, 7) is 6.68. The summed E-state index contributed by atoms with van der Waals surface area (Å²) in [6.07, 6.45) is 1.89. The highest BCUT2D eigenvalue weighted by Gasteiger charge is 2.12. The number of thiazole rings is 1. The van der Waals surface area contributed by atoms with Crippen molar-refractivity contribution in [2.24, 2.45) is 0 Å². The molecule has 1 heterocycles. The van der Waals surface area contributed by atoms with Crippen molar-refractivity contribution < 1.29 is 4.74 Å². The van der Waals surface area contributed by atoms with Gasteiger partial charge in [0.15, 0.2) is 0 Å². The molecule has 1 atom stereocenters. The highest BCUT2D eigenvalue weighted by molar-refractivity contribution is 7.11. The van der Waals surface area contributed by atoms with Gasteiger partial charge in [0.25, 0.3) is 0 Å². The summed E-state index contributed by atoms with van der Waals surface area (Å²) in [5, 5.41) is 4.44. The maximum Gasteiger partial charge on any atom is 0.144 e. The molecule has 1 aromatic carbocycles. The van der Waals surface area contributed by atoms with Gasteiger partial charge in [-0.3, -0.25) is 0 Å². The van der Waals surface area contributed by atoms with Crippen molar-refractivity contribution in [3.63, 3.8) is 0 Å². The number of rotatable bonds is 5. The first-order valence-electron chi connectivity index (χ1n) is 6.32. The van der Waals surface area contributed by atoms with Crippen LogP contribution >= 0.6 is 11.3 Å². The Labute approximate surface area is 117 Å². The quantitative estimate of drug-likeness (QED) is 0.820. The van der Waals surface area contributed by atoms with Gasteiger partial charge in [0, 0.05) is 11.1 Å². The van der Waals surface area contributed by atoms with Crippen LogP contribution in [-0.2, 0) is 0 Å². The second-order valence-electron chi connectivity index (χ2n) is 4.33. The van der Waals surface area contributed by atoms with Gasteiger partial charge in [-0.05, 0) is 32.9 Å². The molecule has 0 saturated carbocycles. The fourth-order valence-electron chi connectivity index (χ4n) is 1.82. The third kappa shape index (κ3) is 3.17. The molecule has 3 N–H and O–H groups in total. The fourth-order valence-corrected chi connectivity index (χ4v) is 2.60. The first-order valence-corrected chi connectivity index (χ1v) is 7.13. The zero-order valence-electron chi connectivity index (χ0n) is 11.4. The van der Waals surface area contributed by atoms with Crippen LogP contribution in [0.2, 0.25) is 0 Å². The fraction of sp³-hybridized carbons (Fsp3) is 0.357. The molecule has 0 aliphatic heterocycles. The number of aryl methyl sites for hydroxylation is 1. The van der Waals surface area contributed by atoms with Crippen LogP contribution in [0.5, 0.6) is 5.75 Å². The molecule has 0 saturated heterocycles. The Bertz CT molecular complexity index is 553. The van der Waals surface area contributed by atoms with E-state index in [4.69, 9.17) is 10.5 Å². The van der Waals surface area contributed by atoms with Crippen molar-refractivity contribution in [2.45, 2.75) is 26.8 Å². The Balaban J connectivity index is 2.16. The van der Waals surface area contributed by atoms with Gasteiger partial charge in [-0.2, -0.15) is 0 Å². The van der Waals surface area contributed by atoms with Gasteiger partial charge in [0.05, 0.1) is 24.0 Å². The Morgan fingerprint density at radius 2 is 2.26 bits per heavy atom. The van der Waals surface area contributed by atoms with Crippen LogP contribution < -0.4 is 15.8 Å². The zero-order chi connectivity index (χ0) is 13.8. The highest BCUT2D eigenvalue weighted by Crippen LogP contribution is 2.32. The standard InChI is InChI=1S/C14H19N3OS/c1-4-18-12-7-5-6-11(13(12)15)17-10(3)14-16-8-9(2)19-14/h5-8,10,17H,4,15H2,1-3H3. The van der Waals surface area contributed by atoms with E-state index < -0.39 is 0 Å². The average Bonchev–Trinajstić information content (AvgIpc) is 2.81. The first-order chi connectivity index (χ1) is 9.11. The molecule has 2 aromatic rings. The molecule has 0 aliphatic rings. The molecule has 19 heavy (non-hydrogen) atoms. The lowest BCUT2D eigenvalue weighted by Crippen LogP contribution is -2.09. The third-order valence-corrected chi connectivity index (χ3v) is 3.84. The smallest absolute Gasteiger partial charge is 0.144 e. The summed E-state index contributed by atoms with van der Waals surface area (Å²) in [4.78, 5) is 5.59. The number of para-hydroxylation sites is 1. The van der Waals surface area contributed by atoms with Gasteiger partial charge in [-0.1, -0.05) is 6.07 Å².